The number of fused-ring (bicyclic) bond motifs is 1. The maximum absolute atomic E-state index is 5.46. The van der Waals surface area contributed by atoms with Crippen LogP contribution < -0.4 is 14.8 Å². The van der Waals surface area contributed by atoms with E-state index >= 15 is 0 Å². The third kappa shape index (κ3) is 4.42. The SMILES string of the molecule is COC[C@H](C)NC(=S)CC1=NCCc2cc(OC)c(OC)cc21. The van der Waals surface area contributed by atoms with Crippen molar-refractivity contribution >= 4 is 22.9 Å². The van der Waals surface area contributed by atoms with E-state index in [0.29, 0.717) is 18.8 Å². The summed E-state index contributed by atoms with van der Waals surface area (Å²) in [6.07, 6.45) is 1.52. The highest BCUT2D eigenvalue weighted by Crippen LogP contribution is 2.33. The van der Waals surface area contributed by atoms with Crippen LogP contribution in [0.15, 0.2) is 17.1 Å². The fraction of sp³-hybridized carbons (Fsp3) is 0.529. The minimum absolute atomic E-state index is 0.182. The van der Waals surface area contributed by atoms with E-state index in [0.717, 1.165) is 35.0 Å². The highest BCUT2D eigenvalue weighted by atomic mass is 32.1. The van der Waals surface area contributed by atoms with Crippen molar-refractivity contribution in [3.63, 3.8) is 0 Å². The number of methoxy groups -OCH3 is 3. The van der Waals surface area contributed by atoms with Crippen LogP contribution in [0, 0.1) is 0 Å². The average Bonchev–Trinajstić information content (AvgIpc) is 2.53. The van der Waals surface area contributed by atoms with Crippen molar-refractivity contribution in [2.75, 3.05) is 34.5 Å². The molecule has 1 aromatic carbocycles. The third-order valence-corrected chi connectivity index (χ3v) is 4.02. The van der Waals surface area contributed by atoms with E-state index in [1.54, 1.807) is 21.3 Å². The Bertz CT molecular complexity index is 602. The van der Waals surface area contributed by atoms with Crippen LogP contribution in [0.5, 0.6) is 11.5 Å². The standard InChI is InChI=1S/C17H24N2O3S/c1-11(10-20-2)19-17(23)9-14-13-8-16(22-4)15(21-3)7-12(13)5-6-18-14/h7-8,11H,5-6,9-10H2,1-4H3,(H,19,23)/t11-/m0/s1. The van der Waals surface area contributed by atoms with Crippen molar-refractivity contribution in [3.8, 4) is 11.5 Å². The highest BCUT2D eigenvalue weighted by molar-refractivity contribution is 7.80. The second-order valence-electron chi connectivity index (χ2n) is 5.54. The lowest BCUT2D eigenvalue weighted by Crippen LogP contribution is -2.36. The summed E-state index contributed by atoms with van der Waals surface area (Å²) in [7, 11) is 4.98. The molecular weight excluding hydrogens is 312 g/mol. The molecule has 0 spiro atoms. The number of benzene rings is 1. The number of hydrogen-bond acceptors (Lipinski definition) is 5. The van der Waals surface area contributed by atoms with Gasteiger partial charge in [0.15, 0.2) is 11.5 Å². The lowest BCUT2D eigenvalue weighted by molar-refractivity contribution is 0.179. The molecule has 1 atom stereocenters. The van der Waals surface area contributed by atoms with E-state index < -0.39 is 0 Å². The molecule has 1 aromatic rings. The van der Waals surface area contributed by atoms with Gasteiger partial charge in [0, 0.05) is 37.4 Å². The van der Waals surface area contributed by atoms with Crippen molar-refractivity contribution in [2.24, 2.45) is 4.99 Å². The zero-order valence-corrected chi connectivity index (χ0v) is 15.0. The molecule has 1 heterocycles. The Morgan fingerprint density at radius 1 is 1.26 bits per heavy atom. The molecule has 1 aliphatic heterocycles. The Kier molecular flexibility index (Phi) is 6.36. The largest absolute Gasteiger partial charge is 0.493 e. The number of nitrogens with one attached hydrogen (secondary N) is 1. The van der Waals surface area contributed by atoms with Crippen molar-refractivity contribution in [2.45, 2.75) is 25.8 Å². The van der Waals surface area contributed by atoms with Crippen molar-refractivity contribution in [3.05, 3.63) is 23.3 Å². The van der Waals surface area contributed by atoms with Gasteiger partial charge in [-0.1, -0.05) is 12.2 Å². The van der Waals surface area contributed by atoms with Crippen LogP contribution in [0.3, 0.4) is 0 Å². The summed E-state index contributed by atoms with van der Waals surface area (Å²) in [6, 6.07) is 4.21. The molecule has 0 amide bonds. The van der Waals surface area contributed by atoms with Gasteiger partial charge in [-0.05, 0) is 31.0 Å². The van der Waals surface area contributed by atoms with Crippen molar-refractivity contribution in [1.82, 2.24) is 5.32 Å². The lowest BCUT2D eigenvalue weighted by atomic mass is 9.95. The molecule has 2 rings (SSSR count). The number of nitrogens with zero attached hydrogens (tertiary/aromatic N) is 1. The Morgan fingerprint density at radius 3 is 2.61 bits per heavy atom. The highest BCUT2D eigenvalue weighted by Gasteiger charge is 2.19. The van der Waals surface area contributed by atoms with Gasteiger partial charge < -0.3 is 19.5 Å². The average molecular weight is 336 g/mol. The number of thiocarbonyl (C=S) groups is 1. The summed E-state index contributed by atoms with van der Waals surface area (Å²) >= 11 is 5.46. The second kappa shape index (κ2) is 8.26. The molecule has 0 fully saturated rings. The number of hydrogen-bond donors (Lipinski definition) is 1. The molecule has 0 aliphatic carbocycles. The Labute approximate surface area is 143 Å². The number of ether oxygens (including phenoxy) is 3. The third-order valence-electron chi connectivity index (χ3n) is 3.76. The van der Waals surface area contributed by atoms with Gasteiger partial charge in [0.2, 0.25) is 0 Å². The Morgan fingerprint density at radius 2 is 1.96 bits per heavy atom. The molecule has 0 saturated carbocycles. The summed E-state index contributed by atoms with van der Waals surface area (Å²) in [6.45, 7) is 3.43. The van der Waals surface area contributed by atoms with Crippen molar-refractivity contribution in [1.29, 1.82) is 0 Å². The lowest BCUT2D eigenvalue weighted by Gasteiger charge is -2.21. The molecular formula is C17H24N2O3S. The summed E-state index contributed by atoms with van der Waals surface area (Å²) in [4.78, 5) is 5.43. The molecule has 1 aliphatic rings. The molecule has 6 heteroatoms. The van der Waals surface area contributed by atoms with Crippen LogP contribution in [0.2, 0.25) is 0 Å². The molecule has 23 heavy (non-hydrogen) atoms. The molecule has 0 saturated heterocycles. The molecule has 1 N–H and O–H groups in total. The summed E-state index contributed by atoms with van der Waals surface area (Å²) in [5.74, 6) is 1.47. The molecule has 126 valence electrons. The van der Waals surface area contributed by atoms with Gasteiger partial charge in [-0.3, -0.25) is 4.99 Å². The van der Waals surface area contributed by atoms with E-state index in [1.165, 1.54) is 5.56 Å². The monoisotopic (exact) mass is 336 g/mol. The predicted octanol–water partition coefficient (Wildman–Crippen LogP) is 2.39. The predicted molar refractivity (Wildman–Crippen MR) is 96.3 cm³/mol. The molecule has 0 unspecified atom stereocenters. The van der Waals surface area contributed by atoms with Crippen LogP contribution in [-0.2, 0) is 11.2 Å². The zero-order chi connectivity index (χ0) is 16.8. The van der Waals surface area contributed by atoms with Crippen LogP contribution in [0.1, 0.15) is 24.5 Å². The van der Waals surface area contributed by atoms with E-state index in [1.807, 2.05) is 19.1 Å². The minimum atomic E-state index is 0.182. The van der Waals surface area contributed by atoms with Gasteiger partial charge in [-0.15, -0.1) is 0 Å². The van der Waals surface area contributed by atoms with Crippen LogP contribution in [-0.4, -0.2) is 51.2 Å². The second-order valence-corrected chi connectivity index (χ2v) is 6.04. The first-order valence-electron chi connectivity index (χ1n) is 7.66. The van der Waals surface area contributed by atoms with Crippen LogP contribution in [0.25, 0.3) is 0 Å². The van der Waals surface area contributed by atoms with E-state index in [-0.39, 0.29) is 6.04 Å². The molecule has 0 radical (unpaired) electrons. The zero-order valence-electron chi connectivity index (χ0n) is 14.1. The first-order valence-corrected chi connectivity index (χ1v) is 8.06. The topological polar surface area (TPSA) is 52.1 Å². The Hall–Kier alpha value is -1.66. The fourth-order valence-electron chi connectivity index (χ4n) is 2.71. The summed E-state index contributed by atoms with van der Waals surface area (Å²) < 4.78 is 15.9. The van der Waals surface area contributed by atoms with E-state index in [4.69, 9.17) is 26.4 Å². The quantitative estimate of drug-likeness (QED) is 0.775. The van der Waals surface area contributed by atoms with Gasteiger partial charge in [0.1, 0.15) is 0 Å². The molecule has 5 nitrogen and oxygen atoms in total. The molecule has 0 aromatic heterocycles. The first-order chi connectivity index (χ1) is 11.1. The number of rotatable bonds is 7. The summed E-state index contributed by atoms with van der Waals surface area (Å²) in [5, 5.41) is 3.28. The maximum Gasteiger partial charge on any atom is 0.161 e. The number of aliphatic imine (C=N–C) groups is 1. The van der Waals surface area contributed by atoms with Gasteiger partial charge >= 0.3 is 0 Å². The van der Waals surface area contributed by atoms with Crippen LogP contribution >= 0.6 is 12.2 Å². The Balaban J connectivity index is 2.17. The van der Waals surface area contributed by atoms with Gasteiger partial charge in [0.05, 0.1) is 25.8 Å². The summed E-state index contributed by atoms with van der Waals surface area (Å²) in [5.41, 5.74) is 3.31. The van der Waals surface area contributed by atoms with Gasteiger partial charge in [-0.2, -0.15) is 0 Å². The van der Waals surface area contributed by atoms with Gasteiger partial charge in [0.25, 0.3) is 0 Å². The molecule has 0 bridgehead atoms. The van der Waals surface area contributed by atoms with Crippen molar-refractivity contribution < 1.29 is 14.2 Å². The minimum Gasteiger partial charge on any atom is -0.493 e. The van der Waals surface area contributed by atoms with E-state index in [2.05, 4.69) is 10.3 Å². The fourth-order valence-corrected chi connectivity index (χ4v) is 3.05. The van der Waals surface area contributed by atoms with Gasteiger partial charge in [-0.25, -0.2) is 0 Å². The smallest absolute Gasteiger partial charge is 0.161 e. The maximum atomic E-state index is 5.46. The van der Waals surface area contributed by atoms with Crippen LogP contribution in [0.4, 0.5) is 0 Å². The van der Waals surface area contributed by atoms with E-state index in [9.17, 15) is 0 Å². The normalized spacial score (nSPS) is 14.5. The first kappa shape index (κ1) is 17.7.